The highest BCUT2D eigenvalue weighted by Gasteiger charge is 2.28. The number of nitrogens with zero attached hydrogens (tertiary/aromatic N) is 1. The maximum Gasteiger partial charge on any atom is 0.121 e. The van der Waals surface area contributed by atoms with Gasteiger partial charge in [0.15, 0.2) is 0 Å². The zero-order valence-electron chi connectivity index (χ0n) is 12.8. The Morgan fingerprint density at radius 3 is 2.81 bits per heavy atom. The average Bonchev–Trinajstić information content (AvgIpc) is 2.56. The number of anilines is 1. The van der Waals surface area contributed by atoms with E-state index in [1.165, 1.54) is 37.8 Å². The monoisotopic (exact) mass is 352 g/mol. The average molecular weight is 353 g/mol. The van der Waals surface area contributed by atoms with E-state index in [2.05, 4.69) is 38.3 Å². The normalized spacial score (nSPS) is 24.1. The Bertz CT molecular complexity index is 474. The molecule has 1 N–H and O–H groups in total. The molecule has 0 amide bonds. The summed E-state index contributed by atoms with van der Waals surface area (Å²) in [5.74, 6) is 1.78. The van der Waals surface area contributed by atoms with Crippen LogP contribution in [0.25, 0.3) is 0 Å². The van der Waals surface area contributed by atoms with Gasteiger partial charge in [0.25, 0.3) is 0 Å². The minimum Gasteiger partial charge on any atom is -0.497 e. The van der Waals surface area contributed by atoms with Gasteiger partial charge in [-0.15, -0.1) is 0 Å². The first-order chi connectivity index (χ1) is 10.3. The number of benzene rings is 1. The van der Waals surface area contributed by atoms with Crippen LogP contribution in [0.4, 0.5) is 5.69 Å². The van der Waals surface area contributed by atoms with E-state index in [1.54, 1.807) is 7.11 Å². The van der Waals surface area contributed by atoms with Crippen molar-refractivity contribution >= 4 is 21.6 Å². The number of ether oxygens (including phenoxy) is 1. The van der Waals surface area contributed by atoms with Crippen molar-refractivity contribution in [3.63, 3.8) is 0 Å². The smallest absolute Gasteiger partial charge is 0.121 e. The van der Waals surface area contributed by atoms with E-state index in [0.717, 1.165) is 35.8 Å². The van der Waals surface area contributed by atoms with Crippen LogP contribution in [0, 0.1) is 5.92 Å². The van der Waals surface area contributed by atoms with Crippen LogP contribution in [-0.2, 0) is 0 Å². The van der Waals surface area contributed by atoms with Crippen molar-refractivity contribution in [3.05, 3.63) is 22.7 Å². The van der Waals surface area contributed by atoms with E-state index in [9.17, 15) is 0 Å². The topological polar surface area (TPSA) is 24.5 Å². The zero-order chi connectivity index (χ0) is 14.7. The molecule has 0 bridgehead atoms. The van der Waals surface area contributed by atoms with Crippen LogP contribution in [0.2, 0.25) is 0 Å². The van der Waals surface area contributed by atoms with Crippen molar-refractivity contribution in [2.75, 3.05) is 31.6 Å². The van der Waals surface area contributed by atoms with Gasteiger partial charge in [-0.1, -0.05) is 19.3 Å². The van der Waals surface area contributed by atoms with E-state index in [0.29, 0.717) is 6.04 Å². The van der Waals surface area contributed by atoms with E-state index in [1.807, 2.05) is 6.07 Å². The van der Waals surface area contributed by atoms with E-state index < -0.39 is 0 Å². The Morgan fingerprint density at radius 1 is 1.24 bits per heavy atom. The van der Waals surface area contributed by atoms with Gasteiger partial charge in [0.05, 0.1) is 12.8 Å². The van der Waals surface area contributed by atoms with Gasteiger partial charge in [0, 0.05) is 36.2 Å². The van der Waals surface area contributed by atoms with Crippen molar-refractivity contribution in [3.8, 4) is 5.75 Å². The minimum absolute atomic E-state index is 0.636. The zero-order valence-corrected chi connectivity index (χ0v) is 14.4. The molecular weight excluding hydrogens is 328 g/mol. The molecular formula is C17H25BrN2O. The summed E-state index contributed by atoms with van der Waals surface area (Å²) in [6.45, 7) is 3.25. The highest BCUT2D eigenvalue weighted by Crippen LogP contribution is 2.33. The fourth-order valence-electron chi connectivity index (χ4n) is 3.71. The van der Waals surface area contributed by atoms with E-state index in [-0.39, 0.29) is 0 Å². The van der Waals surface area contributed by atoms with Crippen molar-refractivity contribution < 1.29 is 4.74 Å². The van der Waals surface area contributed by atoms with Crippen molar-refractivity contribution in [1.82, 2.24) is 5.32 Å². The molecule has 21 heavy (non-hydrogen) atoms. The maximum atomic E-state index is 5.38. The standard InChI is InChI=1S/C17H25BrN2O/c1-21-14-7-8-15(18)17(11-14)20-10-9-19-16(12-20)13-5-3-2-4-6-13/h7-8,11,13,16,19H,2-6,9-10,12H2,1H3. The van der Waals surface area contributed by atoms with Gasteiger partial charge in [0.1, 0.15) is 5.75 Å². The summed E-state index contributed by atoms with van der Waals surface area (Å²) in [5, 5.41) is 3.75. The maximum absolute atomic E-state index is 5.38. The summed E-state index contributed by atoms with van der Waals surface area (Å²) < 4.78 is 6.54. The fraction of sp³-hybridized carbons (Fsp3) is 0.647. The lowest BCUT2D eigenvalue weighted by atomic mass is 9.83. The fourth-order valence-corrected chi connectivity index (χ4v) is 4.21. The third-order valence-electron chi connectivity index (χ3n) is 4.92. The van der Waals surface area contributed by atoms with Crippen molar-refractivity contribution in [2.45, 2.75) is 38.1 Å². The SMILES string of the molecule is COc1ccc(Br)c(N2CCNC(C3CCCCC3)C2)c1. The first-order valence-electron chi connectivity index (χ1n) is 8.10. The van der Waals surface area contributed by atoms with Crippen molar-refractivity contribution in [2.24, 2.45) is 5.92 Å². The minimum atomic E-state index is 0.636. The molecule has 1 saturated carbocycles. The summed E-state index contributed by atoms with van der Waals surface area (Å²) in [6.07, 6.45) is 7.03. The summed E-state index contributed by atoms with van der Waals surface area (Å²) in [7, 11) is 1.73. The highest BCUT2D eigenvalue weighted by atomic mass is 79.9. The molecule has 1 atom stereocenters. The third-order valence-corrected chi connectivity index (χ3v) is 5.59. The molecule has 116 valence electrons. The molecule has 1 aromatic rings. The van der Waals surface area contributed by atoms with Crippen LogP contribution in [0.3, 0.4) is 0 Å². The summed E-state index contributed by atoms with van der Waals surface area (Å²) >= 11 is 3.69. The summed E-state index contributed by atoms with van der Waals surface area (Å²) in [6, 6.07) is 6.88. The molecule has 3 rings (SSSR count). The molecule has 2 aliphatic rings. The first kappa shape index (κ1) is 15.2. The summed E-state index contributed by atoms with van der Waals surface area (Å²) in [4.78, 5) is 2.50. The van der Waals surface area contributed by atoms with Crippen LogP contribution in [0.5, 0.6) is 5.75 Å². The number of hydrogen-bond donors (Lipinski definition) is 1. The Kier molecular flexibility index (Phi) is 5.07. The van der Waals surface area contributed by atoms with Crippen LogP contribution in [-0.4, -0.2) is 32.8 Å². The summed E-state index contributed by atoms with van der Waals surface area (Å²) in [5.41, 5.74) is 1.26. The molecule has 4 heteroatoms. The Morgan fingerprint density at radius 2 is 2.05 bits per heavy atom. The molecule has 0 radical (unpaired) electrons. The number of methoxy groups -OCH3 is 1. The van der Waals surface area contributed by atoms with Crippen LogP contribution >= 0.6 is 15.9 Å². The molecule has 3 nitrogen and oxygen atoms in total. The molecule has 1 aromatic carbocycles. The van der Waals surface area contributed by atoms with Crippen LogP contribution < -0.4 is 15.0 Å². The van der Waals surface area contributed by atoms with E-state index in [4.69, 9.17) is 4.74 Å². The van der Waals surface area contributed by atoms with Crippen LogP contribution in [0.15, 0.2) is 22.7 Å². The Labute approximate surface area is 136 Å². The second-order valence-corrected chi connectivity index (χ2v) is 7.08. The molecule has 0 spiro atoms. The number of nitrogens with one attached hydrogen (secondary N) is 1. The predicted octanol–water partition coefficient (Wildman–Crippen LogP) is 3.82. The number of hydrogen-bond acceptors (Lipinski definition) is 3. The van der Waals surface area contributed by atoms with Gasteiger partial charge in [-0.25, -0.2) is 0 Å². The molecule has 1 heterocycles. The Hall–Kier alpha value is -0.740. The second kappa shape index (κ2) is 7.01. The lowest BCUT2D eigenvalue weighted by Crippen LogP contribution is -2.54. The number of rotatable bonds is 3. The lowest BCUT2D eigenvalue weighted by molar-refractivity contribution is 0.257. The Balaban J connectivity index is 1.73. The molecule has 1 aliphatic carbocycles. The van der Waals surface area contributed by atoms with Crippen LogP contribution in [0.1, 0.15) is 32.1 Å². The van der Waals surface area contributed by atoms with Gasteiger partial charge in [-0.3, -0.25) is 0 Å². The number of piperazine rings is 1. The first-order valence-corrected chi connectivity index (χ1v) is 8.89. The van der Waals surface area contributed by atoms with Gasteiger partial charge in [0.2, 0.25) is 0 Å². The predicted molar refractivity (Wildman–Crippen MR) is 91.3 cm³/mol. The quantitative estimate of drug-likeness (QED) is 0.894. The molecule has 2 fully saturated rings. The number of halogens is 1. The van der Waals surface area contributed by atoms with Gasteiger partial charge in [-0.2, -0.15) is 0 Å². The second-order valence-electron chi connectivity index (χ2n) is 6.22. The molecule has 1 saturated heterocycles. The third kappa shape index (κ3) is 3.54. The van der Waals surface area contributed by atoms with E-state index >= 15 is 0 Å². The lowest BCUT2D eigenvalue weighted by Gasteiger charge is -2.40. The van der Waals surface area contributed by atoms with Gasteiger partial charge in [-0.05, 0) is 46.8 Å². The molecule has 0 aromatic heterocycles. The molecule has 1 unspecified atom stereocenters. The van der Waals surface area contributed by atoms with Gasteiger partial charge < -0.3 is 15.0 Å². The largest absolute Gasteiger partial charge is 0.497 e. The molecule has 1 aliphatic heterocycles. The van der Waals surface area contributed by atoms with Gasteiger partial charge >= 0.3 is 0 Å². The highest BCUT2D eigenvalue weighted by molar-refractivity contribution is 9.10. The van der Waals surface area contributed by atoms with Crippen molar-refractivity contribution in [1.29, 1.82) is 0 Å².